The fraction of sp³-hybridized carbons (Fsp3) is 0.0952. The van der Waals surface area contributed by atoms with Crippen LogP contribution < -0.4 is 10.6 Å². The zero-order valence-electron chi connectivity index (χ0n) is 14.8. The van der Waals surface area contributed by atoms with Gasteiger partial charge in [-0.05, 0) is 36.8 Å². The number of fused-ring (bicyclic) bond motifs is 1. The molecule has 0 bridgehead atoms. The first-order valence-corrected chi connectivity index (χ1v) is 8.68. The van der Waals surface area contributed by atoms with E-state index in [0.717, 1.165) is 16.5 Å². The van der Waals surface area contributed by atoms with Crippen LogP contribution in [0, 0.1) is 0 Å². The van der Waals surface area contributed by atoms with Gasteiger partial charge in [0, 0.05) is 28.9 Å². The number of amides is 1. The highest BCUT2D eigenvalue weighted by atomic mass is 16.2. The average Bonchev–Trinajstić information content (AvgIpc) is 3.17. The number of hydrogen-bond acceptors (Lipinski definition) is 4. The summed E-state index contributed by atoms with van der Waals surface area (Å²) in [4.78, 5) is 26.7. The number of nitrogens with two attached hydrogens (primary N) is 1. The molecule has 6 nitrogen and oxygen atoms in total. The first kappa shape index (κ1) is 16.8. The molecule has 0 fully saturated rings. The zero-order valence-corrected chi connectivity index (χ0v) is 14.8. The summed E-state index contributed by atoms with van der Waals surface area (Å²) in [6.45, 7) is 1.97. The topological polar surface area (TPSA) is 87.9 Å². The van der Waals surface area contributed by atoms with Gasteiger partial charge in [0.15, 0.2) is 0 Å². The Morgan fingerprint density at radius 3 is 2.67 bits per heavy atom. The van der Waals surface area contributed by atoms with E-state index < -0.39 is 0 Å². The van der Waals surface area contributed by atoms with Crippen molar-refractivity contribution in [2.75, 3.05) is 10.6 Å². The van der Waals surface area contributed by atoms with E-state index in [1.165, 1.54) is 0 Å². The van der Waals surface area contributed by atoms with Crippen LogP contribution in [0.1, 0.15) is 28.9 Å². The number of carbonyl (C=O) groups excluding carboxylic acids is 1. The summed E-state index contributed by atoms with van der Waals surface area (Å²) in [6, 6.07) is 18.9. The van der Waals surface area contributed by atoms with Crippen LogP contribution in [-0.2, 0) is 0 Å². The molecule has 0 aliphatic rings. The minimum Gasteiger partial charge on any atom is -0.368 e. The van der Waals surface area contributed by atoms with Crippen LogP contribution in [-0.4, -0.2) is 20.9 Å². The number of aromatic amines is 1. The summed E-state index contributed by atoms with van der Waals surface area (Å²) in [5.74, 6) is 0.455. The van der Waals surface area contributed by atoms with E-state index in [1.807, 2.05) is 67.7 Å². The molecule has 0 saturated carbocycles. The van der Waals surface area contributed by atoms with Crippen molar-refractivity contribution >= 4 is 28.6 Å². The molecule has 2 heterocycles. The van der Waals surface area contributed by atoms with Gasteiger partial charge in [0.05, 0.1) is 6.04 Å². The number of carbonyl (C=O) groups is 1. The third-order valence-corrected chi connectivity index (χ3v) is 4.62. The van der Waals surface area contributed by atoms with Crippen molar-refractivity contribution in [1.29, 1.82) is 0 Å². The van der Waals surface area contributed by atoms with Crippen LogP contribution in [0.15, 0.2) is 73.1 Å². The first-order chi connectivity index (χ1) is 13.1. The summed E-state index contributed by atoms with van der Waals surface area (Å²) in [5.41, 5.74) is 8.30. The predicted molar refractivity (Wildman–Crippen MR) is 106 cm³/mol. The highest BCUT2D eigenvalue weighted by Gasteiger charge is 2.27. The van der Waals surface area contributed by atoms with Crippen LogP contribution in [0.2, 0.25) is 0 Å². The number of hydrogen-bond donors (Lipinski definition) is 2. The maximum absolute atomic E-state index is 13.6. The molecule has 0 spiro atoms. The molecule has 27 heavy (non-hydrogen) atoms. The lowest BCUT2D eigenvalue weighted by atomic mass is 10.0. The van der Waals surface area contributed by atoms with E-state index in [-0.39, 0.29) is 17.9 Å². The Balaban J connectivity index is 1.85. The number of nitrogen functional groups attached to an aromatic ring is 1. The van der Waals surface area contributed by atoms with Crippen LogP contribution in [0.25, 0.3) is 10.9 Å². The van der Waals surface area contributed by atoms with E-state index in [4.69, 9.17) is 5.73 Å². The number of nitrogens with one attached hydrogen (secondary N) is 1. The lowest BCUT2D eigenvalue weighted by Crippen LogP contribution is -2.34. The SMILES string of the molecule is C[C@H](c1ccccc1)N(C(=O)c1cccc2[nH]ccc12)c1ccnc(N)n1. The van der Waals surface area contributed by atoms with Gasteiger partial charge in [0.2, 0.25) is 5.95 Å². The molecule has 0 aliphatic heterocycles. The average molecular weight is 357 g/mol. The Morgan fingerprint density at radius 1 is 1.07 bits per heavy atom. The molecule has 0 unspecified atom stereocenters. The molecule has 3 N–H and O–H groups in total. The molecule has 2 aromatic carbocycles. The van der Waals surface area contributed by atoms with Crippen molar-refractivity contribution in [3.8, 4) is 0 Å². The monoisotopic (exact) mass is 357 g/mol. The molecule has 0 saturated heterocycles. The quantitative estimate of drug-likeness (QED) is 0.579. The van der Waals surface area contributed by atoms with Gasteiger partial charge in [0.1, 0.15) is 5.82 Å². The molecule has 1 atom stereocenters. The number of nitrogens with zero attached hydrogens (tertiary/aromatic N) is 3. The van der Waals surface area contributed by atoms with Crippen molar-refractivity contribution in [3.63, 3.8) is 0 Å². The fourth-order valence-electron chi connectivity index (χ4n) is 3.26. The molecular formula is C21H19N5O. The van der Waals surface area contributed by atoms with E-state index in [1.54, 1.807) is 17.2 Å². The second-order valence-electron chi connectivity index (χ2n) is 6.28. The lowest BCUT2D eigenvalue weighted by molar-refractivity contribution is 0.0979. The van der Waals surface area contributed by atoms with Gasteiger partial charge in [-0.1, -0.05) is 36.4 Å². The summed E-state index contributed by atoms with van der Waals surface area (Å²) in [7, 11) is 0. The largest absolute Gasteiger partial charge is 0.368 e. The Kier molecular flexibility index (Phi) is 4.30. The molecule has 134 valence electrons. The number of aromatic nitrogens is 3. The Morgan fingerprint density at radius 2 is 1.89 bits per heavy atom. The molecule has 0 aliphatic carbocycles. The Bertz CT molecular complexity index is 1090. The van der Waals surface area contributed by atoms with Crippen molar-refractivity contribution in [1.82, 2.24) is 15.0 Å². The smallest absolute Gasteiger partial charge is 0.260 e. The molecule has 4 aromatic rings. The first-order valence-electron chi connectivity index (χ1n) is 8.68. The number of rotatable bonds is 4. The molecule has 2 aromatic heterocycles. The Labute approximate surface area is 156 Å². The number of anilines is 2. The minimum atomic E-state index is -0.234. The third kappa shape index (κ3) is 3.13. The highest BCUT2D eigenvalue weighted by molar-refractivity contribution is 6.13. The van der Waals surface area contributed by atoms with Gasteiger partial charge in [-0.25, -0.2) is 4.98 Å². The van der Waals surface area contributed by atoms with Gasteiger partial charge in [0.25, 0.3) is 5.91 Å². The van der Waals surface area contributed by atoms with E-state index >= 15 is 0 Å². The third-order valence-electron chi connectivity index (χ3n) is 4.62. The summed E-state index contributed by atoms with van der Waals surface area (Å²) < 4.78 is 0. The normalized spacial score (nSPS) is 12.0. The second-order valence-corrected chi connectivity index (χ2v) is 6.28. The molecule has 1 amide bonds. The maximum atomic E-state index is 13.6. The molecule has 0 radical (unpaired) electrons. The maximum Gasteiger partial charge on any atom is 0.260 e. The van der Waals surface area contributed by atoms with E-state index in [9.17, 15) is 4.79 Å². The number of H-pyrrole nitrogens is 1. The van der Waals surface area contributed by atoms with Gasteiger partial charge in [-0.15, -0.1) is 0 Å². The molecule has 4 rings (SSSR count). The standard InChI is InChI=1S/C21H19N5O/c1-14(15-6-3-2-4-7-15)26(19-11-13-24-21(22)25-19)20(27)17-8-5-9-18-16(17)10-12-23-18/h2-14,23H,1H3,(H2,22,24,25)/t14-/m1/s1. The van der Waals surface area contributed by atoms with E-state index in [2.05, 4.69) is 15.0 Å². The van der Waals surface area contributed by atoms with E-state index in [0.29, 0.717) is 11.4 Å². The predicted octanol–water partition coefficient (Wildman–Crippen LogP) is 3.95. The highest BCUT2D eigenvalue weighted by Crippen LogP contribution is 2.29. The van der Waals surface area contributed by atoms with Crippen LogP contribution in [0.4, 0.5) is 11.8 Å². The van der Waals surface area contributed by atoms with Gasteiger partial charge < -0.3 is 10.7 Å². The summed E-state index contributed by atoms with van der Waals surface area (Å²) in [5, 5.41) is 0.870. The van der Waals surface area contributed by atoms with Crippen molar-refractivity contribution in [3.05, 3.63) is 84.2 Å². The van der Waals surface area contributed by atoms with Crippen molar-refractivity contribution in [2.24, 2.45) is 0 Å². The van der Waals surface area contributed by atoms with Crippen molar-refractivity contribution in [2.45, 2.75) is 13.0 Å². The summed E-state index contributed by atoms with van der Waals surface area (Å²) in [6.07, 6.45) is 3.39. The summed E-state index contributed by atoms with van der Waals surface area (Å²) >= 11 is 0. The lowest BCUT2D eigenvalue weighted by Gasteiger charge is -2.29. The van der Waals surface area contributed by atoms with Crippen LogP contribution in [0.3, 0.4) is 0 Å². The molecular weight excluding hydrogens is 338 g/mol. The molecule has 6 heteroatoms. The van der Waals surface area contributed by atoms with Crippen molar-refractivity contribution < 1.29 is 4.79 Å². The van der Waals surface area contributed by atoms with Gasteiger partial charge >= 0.3 is 0 Å². The number of benzene rings is 2. The van der Waals surface area contributed by atoms with Gasteiger partial charge in [-0.3, -0.25) is 9.69 Å². The minimum absolute atomic E-state index is 0.130. The van der Waals surface area contributed by atoms with Crippen LogP contribution in [0.5, 0.6) is 0 Å². The van der Waals surface area contributed by atoms with Gasteiger partial charge in [-0.2, -0.15) is 4.98 Å². The Hall–Kier alpha value is -3.67. The second kappa shape index (κ2) is 6.92. The zero-order chi connectivity index (χ0) is 18.8. The fourth-order valence-corrected chi connectivity index (χ4v) is 3.26. The van der Waals surface area contributed by atoms with Crippen LogP contribution >= 0.6 is 0 Å².